The standard InChI is InChI=1S/C15H17ClN2O4/c1-18(2)14(20)11-4-3-8(7-12(11)16)17-13(19)9-5-6-10(9)15(21)22/h3-4,7,9-10H,5-6H2,1-2H3,(H,17,19)(H,21,22). The number of carbonyl (C=O) groups is 3. The summed E-state index contributed by atoms with van der Waals surface area (Å²) in [6.45, 7) is 0. The van der Waals surface area contributed by atoms with Crippen molar-refractivity contribution in [3.63, 3.8) is 0 Å². The maximum atomic E-state index is 12.1. The van der Waals surface area contributed by atoms with Crippen LogP contribution in [0.2, 0.25) is 5.02 Å². The molecule has 1 aromatic rings. The van der Waals surface area contributed by atoms with Crippen molar-refractivity contribution in [3.8, 4) is 0 Å². The lowest BCUT2D eigenvalue weighted by molar-refractivity contribution is -0.151. The summed E-state index contributed by atoms with van der Waals surface area (Å²) in [5.41, 5.74) is 0.790. The van der Waals surface area contributed by atoms with E-state index in [0.717, 1.165) is 0 Å². The molecule has 1 aromatic carbocycles. The predicted octanol–water partition coefficient (Wildman–Crippen LogP) is 2.09. The van der Waals surface area contributed by atoms with Crippen LogP contribution in [0.4, 0.5) is 5.69 Å². The third-order valence-corrected chi connectivity index (χ3v) is 4.11. The van der Waals surface area contributed by atoms with Crippen molar-refractivity contribution in [3.05, 3.63) is 28.8 Å². The molecule has 1 saturated carbocycles. The number of halogens is 1. The van der Waals surface area contributed by atoms with Gasteiger partial charge >= 0.3 is 5.97 Å². The van der Waals surface area contributed by atoms with Crippen molar-refractivity contribution in [2.75, 3.05) is 19.4 Å². The molecular weight excluding hydrogens is 308 g/mol. The summed E-state index contributed by atoms with van der Waals surface area (Å²) in [5, 5.41) is 11.9. The van der Waals surface area contributed by atoms with E-state index >= 15 is 0 Å². The molecule has 7 heteroatoms. The van der Waals surface area contributed by atoms with E-state index in [9.17, 15) is 14.4 Å². The molecule has 0 aliphatic heterocycles. The average Bonchev–Trinajstić information content (AvgIpc) is 2.35. The van der Waals surface area contributed by atoms with Gasteiger partial charge < -0.3 is 15.3 Å². The van der Waals surface area contributed by atoms with Crippen LogP contribution in [0.15, 0.2) is 18.2 Å². The smallest absolute Gasteiger partial charge is 0.307 e. The number of nitrogens with one attached hydrogen (secondary N) is 1. The lowest BCUT2D eigenvalue weighted by atomic mass is 9.73. The molecule has 22 heavy (non-hydrogen) atoms. The highest BCUT2D eigenvalue weighted by Crippen LogP contribution is 2.35. The number of hydrogen-bond acceptors (Lipinski definition) is 3. The lowest BCUT2D eigenvalue weighted by Crippen LogP contribution is -2.41. The molecule has 1 aliphatic carbocycles. The summed E-state index contributed by atoms with van der Waals surface area (Å²) < 4.78 is 0. The highest BCUT2D eigenvalue weighted by atomic mass is 35.5. The third-order valence-electron chi connectivity index (χ3n) is 3.80. The van der Waals surface area contributed by atoms with Crippen molar-refractivity contribution >= 4 is 35.1 Å². The molecule has 0 saturated heterocycles. The van der Waals surface area contributed by atoms with Crippen molar-refractivity contribution in [1.29, 1.82) is 0 Å². The summed E-state index contributed by atoms with van der Waals surface area (Å²) in [4.78, 5) is 36.3. The van der Waals surface area contributed by atoms with E-state index in [4.69, 9.17) is 16.7 Å². The highest BCUT2D eigenvalue weighted by Gasteiger charge is 2.41. The van der Waals surface area contributed by atoms with Crippen LogP contribution in [0.25, 0.3) is 0 Å². The molecule has 2 rings (SSSR count). The Labute approximate surface area is 133 Å². The van der Waals surface area contributed by atoms with E-state index < -0.39 is 17.8 Å². The molecule has 0 spiro atoms. The zero-order chi connectivity index (χ0) is 16.4. The van der Waals surface area contributed by atoms with Gasteiger partial charge in [0, 0.05) is 19.8 Å². The minimum Gasteiger partial charge on any atom is -0.481 e. The van der Waals surface area contributed by atoms with Gasteiger partial charge in [-0.1, -0.05) is 11.6 Å². The summed E-state index contributed by atoms with van der Waals surface area (Å²) in [7, 11) is 3.24. The Bertz CT molecular complexity index is 630. The molecule has 1 aliphatic rings. The van der Waals surface area contributed by atoms with E-state index in [0.29, 0.717) is 24.1 Å². The Morgan fingerprint density at radius 1 is 1.23 bits per heavy atom. The van der Waals surface area contributed by atoms with Gasteiger partial charge in [0.15, 0.2) is 0 Å². The molecule has 6 nitrogen and oxygen atoms in total. The van der Waals surface area contributed by atoms with Crippen LogP contribution in [0, 0.1) is 11.8 Å². The number of carboxylic acid groups (broad SMARTS) is 1. The second-order valence-corrected chi connectivity index (χ2v) is 5.92. The Morgan fingerprint density at radius 2 is 1.86 bits per heavy atom. The molecule has 0 bridgehead atoms. The first-order chi connectivity index (χ1) is 10.3. The topological polar surface area (TPSA) is 86.7 Å². The zero-order valence-electron chi connectivity index (χ0n) is 12.3. The monoisotopic (exact) mass is 324 g/mol. The fourth-order valence-electron chi connectivity index (χ4n) is 2.35. The maximum absolute atomic E-state index is 12.1. The second-order valence-electron chi connectivity index (χ2n) is 5.51. The number of hydrogen-bond donors (Lipinski definition) is 2. The minimum atomic E-state index is -0.948. The quantitative estimate of drug-likeness (QED) is 0.888. The first-order valence-electron chi connectivity index (χ1n) is 6.86. The second kappa shape index (κ2) is 6.36. The number of aliphatic carboxylic acids is 1. The Hall–Kier alpha value is -2.08. The van der Waals surface area contributed by atoms with Gasteiger partial charge in [-0.2, -0.15) is 0 Å². The normalized spacial score (nSPS) is 20.0. The van der Waals surface area contributed by atoms with Crippen molar-refractivity contribution in [2.45, 2.75) is 12.8 Å². The van der Waals surface area contributed by atoms with Crippen LogP contribution >= 0.6 is 11.6 Å². The van der Waals surface area contributed by atoms with Crippen LogP contribution in [0.5, 0.6) is 0 Å². The fraction of sp³-hybridized carbons (Fsp3) is 0.400. The molecule has 1 fully saturated rings. The molecule has 0 radical (unpaired) electrons. The first-order valence-corrected chi connectivity index (χ1v) is 7.24. The minimum absolute atomic E-state index is 0.229. The van der Waals surface area contributed by atoms with E-state index in [1.54, 1.807) is 20.2 Å². The zero-order valence-corrected chi connectivity index (χ0v) is 13.1. The molecule has 2 atom stereocenters. The van der Waals surface area contributed by atoms with Gasteiger partial charge in [-0.15, -0.1) is 0 Å². The van der Waals surface area contributed by atoms with Gasteiger partial charge in [0.1, 0.15) is 0 Å². The number of amides is 2. The largest absolute Gasteiger partial charge is 0.481 e. The van der Waals surface area contributed by atoms with E-state index in [1.165, 1.54) is 17.0 Å². The molecule has 118 valence electrons. The number of carbonyl (C=O) groups excluding carboxylic acids is 2. The molecule has 0 heterocycles. The van der Waals surface area contributed by atoms with Gasteiger partial charge in [0.25, 0.3) is 5.91 Å². The molecule has 2 unspecified atom stereocenters. The summed E-state index contributed by atoms with van der Waals surface area (Å²) >= 11 is 6.07. The van der Waals surface area contributed by atoms with Crippen LogP contribution in [-0.2, 0) is 9.59 Å². The predicted molar refractivity (Wildman–Crippen MR) is 81.9 cm³/mol. The van der Waals surface area contributed by atoms with Gasteiger partial charge in [0.05, 0.1) is 22.4 Å². The van der Waals surface area contributed by atoms with E-state index in [-0.39, 0.29) is 16.8 Å². The van der Waals surface area contributed by atoms with Gasteiger partial charge in [0.2, 0.25) is 5.91 Å². The summed E-state index contributed by atoms with van der Waals surface area (Å²) in [6, 6.07) is 4.61. The van der Waals surface area contributed by atoms with Crippen LogP contribution < -0.4 is 5.32 Å². The fourth-order valence-corrected chi connectivity index (χ4v) is 2.61. The van der Waals surface area contributed by atoms with Crippen LogP contribution in [0.3, 0.4) is 0 Å². The Kier molecular flexibility index (Phi) is 4.71. The summed E-state index contributed by atoms with van der Waals surface area (Å²) in [5.74, 6) is -2.64. The highest BCUT2D eigenvalue weighted by molar-refractivity contribution is 6.34. The van der Waals surface area contributed by atoms with Gasteiger partial charge in [-0.05, 0) is 31.0 Å². The number of carboxylic acids is 1. The van der Waals surface area contributed by atoms with Crippen LogP contribution in [-0.4, -0.2) is 41.9 Å². The Balaban J connectivity index is 2.08. The van der Waals surface area contributed by atoms with Crippen molar-refractivity contribution < 1.29 is 19.5 Å². The van der Waals surface area contributed by atoms with E-state index in [2.05, 4.69) is 5.32 Å². The molecular formula is C15H17ClN2O4. The number of rotatable bonds is 4. The number of benzene rings is 1. The lowest BCUT2D eigenvalue weighted by Gasteiger charge is -2.31. The first kappa shape index (κ1) is 16.3. The number of anilines is 1. The van der Waals surface area contributed by atoms with E-state index in [1.807, 2.05) is 0 Å². The molecule has 2 N–H and O–H groups in total. The van der Waals surface area contributed by atoms with Gasteiger partial charge in [-0.3, -0.25) is 14.4 Å². The molecule has 0 aromatic heterocycles. The number of nitrogens with zero attached hydrogens (tertiary/aromatic N) is 1. The Morgan fingerprint density at radius 3 is 2.32 bits per heavy atom. The van der Waals surface area contributed by atoms with Crippen molar-refractivity contribution in [1.82, 2.24) is 4.90 Å². The maximum Gasteiger partial charge on any atom is 0.307 e. The van der Waals surface area contributed by atoms with Crippen molar-refractivity contribution in [2.24, 2.45) is 11.8 Å². The SMILES string of the molecule is CN(C)C(=O)c1ccc(NC(=O)C2CCC2C(=O)O)cc1Cl. The average molecular weight is 325 g/mol. The molecule has 2 amide bonds. The summed E-state index contributed by atoms with van der Waals surface area (Å²) in [6.07, 6.45) is 1.08. The third kappa shape index (κ3) is 3.22. The van der Waals surface area contributed by atoms with Crippen LogP contribution in [0.1, 0.15) is 23.2 Å². The van der Waals surface area contributed by atoms with Gasteiger partial charge in [-0.25, -0.2) is 0 Å².